The highest BCUT2D eigenvalue weighted by Gasteiger charge is 2.45. The highest BCUT2D eigenvalue weighted by Crippen LogP contribution is 2.34. The minimum absolute atomic E-state index is 0.0658. The van der Waals surface area contributed by atoms with Crippen molar-refractivity contribution in [2.45, 2.75) is 31.0 Å². The fraction of sp³-hybridized carbons (Fsp3) is 0.312. The molecule has 0 aliphatic carbocycles. The van der Waals surface area contributed by atoms with Gasteiger partial charge in [-0.1, -0.05) is 35.8 Å². The summed E-state index contributed by atoms with van der Waals surface area (Å²) >= 11 is 7.40. The maximum Gasteiger partial charge on any atom is 0.497 e. The number of rotatable bonds is 6. The van der Waals surface area contributed by atoms with E-state index >= 15 is 0 Å². The fourth-order valence-corrected chi connectivity index (χ4v) is 4.14. The number of sulfone groups is 1. The molecule has 0 aliphatic heterocycles. The topological polar surface area (TPSA) is 86.0 Å². The van der Waals surface area contributed by atoms with E-state index in [4.69, 9.17) is 16.1 Å². The molecule has 0 radical (unpaired) electrons. The summed E-state index contributed by atoms with van der Waals surface area (Å²) in [5.41, 5.74) is -4.46. The fourth-order valence-electron chi connectivity index (χ4n) is 2.31. The normalized spacial score (nSPS) is 12.5. The molecule has 0 aliphatic rings. The zero-order valence-electron chi connectivity index (χ0n) is 14.3. The molecule has 3 aromatic rings. The largest absolute Gasteiger partial charge is 0.497 e. The lowest BCUT2D eigenvalue weighted by molar-refractivity contribution is -0.0437. The van der Waals surface area contributed by atoms with Crippen LogP contribution in [-0.2, 0) is 22.0 Å². The lowest BCUT2D eigenvalue weighted by atomic mass is 10.1. The Morgan fingerprint density at radius 3 is 2.64 bits per heavy atom. The molecule has 0 spiro atoms. The first-order valence-corrected chi connectivity index (χ1v) is 10.9. The van der Waals surface area contributed by atoms with Crippen molar-refractivity contribution >= 4 is 32.8 Å². The van der Waals surface area contributed by atoms with Crippen molar-refractivity contribution in [1.29, 1.82) is 0 Å². The monoisotopic (exact) mass is 451 g/mol. The Kier molecular flexibility index (Phi) is 5.78. The Morgan fingerprint density at radius 2 is 2.00 bits per heavy atom. The standard InChI is InChI=1S/C16H13ClF3N3O3S2/c1-2-3-13-22-14(23-26-13)15-21-12(7-27-15)10-5-4-9(6-11(10)17)8-28(24,25)16(18,19)20/h4-7H,2-3,8H2,1H3. The van der Waals surface area contributed by atoms with E-state index in [1.54, 1.807) is 5.38 Å². The molecule has 0 saturated heterocycles. The summed E-state index contributed by atoms with van der Waals surface area (Å²) in [4.78, 5) is 8.62. The Hall–Kier alpha value is -1.98. The van der Waals surface area contributed by atoms with Gasteiger partial charge in [0.05, 0.1) is 16.5 Å². The summed E-state index contributed by atoms with van der Waals surface area (Å²) in [6, 6.07) is 3.89. The van der Waals surface area contributed by atoms with E-state index in [0.29, 0.717) is 34.4 Å². The lowest BCUT2D eigenvalue weighted by Gasteiger charge is -2.09. The van der Waals surface area contributed by atoms with Crippen molar-refractivity contribution in [1.82, 2.24) is 15.1 Å². The van der Waals surface area contributed by atoms with E-state index in [-0.39, 0.29) is 10.6 Å². The lowest BCUT2D eigenvalue weighted by Crippen LogP contribution is -2.24. The molecule has 0 saturated carbocycles. The Bertz CT molecular complexity index is 1090. The second-order valence-electron chi connectivity index (χ2n) is 5.82. The molecular formula is C16H13ClF3N3O3S2. The zero-order valence-corrected chi connectivity index (χ0v) is 16.7. The van der Waals surface area contributed by atoms with Crippen LogP contribution in [0.25, 0.3) is 22.1 Å². The van der Waals surface area contributed by atoms with Gasteiger partial charge >= 0.3 is 5.51 Å². The number of hydrogen-bond acceptors (Lipinski definition) is 7. The van der Waals surface area contributed by atoms with Crippen LogP contribution in [0.3, 0.4) is 0 Å². The molecule has 0 bridgehead atoms. The summed E-state index contributed by atoms with van der Waals surface area (Å²) < 4.78 is 65.3. The number of nitrogens with zero attached hydrogens (tertiary/aromatic N) is 3. The molecule has 0 unspecified atom stereocenters. The molecule has 2 heterocycles. The molecule has 0 fully saturated rings. The van der Waals surface area contributed by atoms with Crippen LogP contribution in [0, 0.1) is 0 Å². The van der Waals surface area contributed by atoms with Gasteiger partial charge in [0.1, 0.15) is 0 Å². The molecule has 1 aromatic carbocycles. The maximum absolute atomic E-state index is 12.5. The van der Waals surface area contributed by atoms with E-state index in [0.717, 1.165) is 6.42 Å². The minimum Gasteiger partial charge on any atom is -0.339 e. The van der Waals surface area contributed by atoms with Gasteiger partial charge in [0.2, 0.25) is 11.7 Å². The highest BCUT2D eigenvalue weighted by molar-refractivity contribution is 7.91. The first-order chi connectivity index (χ1) is 13.1. The van der Waals surface area contributed by atoms with Crippen LogP contribution < -0.4 is 0 Å². The summed E-state index contributed by atoms with van der Waals surface area (Å²) in [7, 11) is -5.28. The van der Waals surface area contributed by atoms with Gasteiger partial charge in [-0.25, -0.2) is 13.4 Å². The quantitative estimate of drug-likeness (QED) is 0.529. The number of thiazole rings is 1. The van der Waals surface area contributed by atoms with E-state index in [1.807, 2.05) is 6.92 Å². The average molecular weight is 452 g/mol. The van der Waals surface area contributed by atoms with Gasteiger partial charge in [-0.15, -0.1) is 11.3 Å². The predicted octanol–water partition coefficient (Wildman–Crippen LogP) is 4.90. The third-order valence-corrected chi connectivity index (χ3v) is 6.22. The average Bonchev–Trinajstić information content (AvgIpc) is 3.23. The molecule has 3 rings (SSSR count). The van der Waals surface area contributed by atoms with Crippen molar-refractivity contribution in [2.75, 3.05) is 0 Å². The Balaban J connectivity index is 1.84. The molecule has 6 nitrogen and oxygen atoms in total. The van der Waals surface area contributed by atoms with Crippen LogP contribution in [-0.4, -0.2) is 29.1 Å². The van der Waals surface area contributed by atoms with Crippen molar-refractivity contribution in [3.05, 3.63) is 40.1 Å². The van der Waals surface area contributed by atoms with Gasteiger partial charge in [0, 0.05) is 17.4 Å². The van der Waals surface area contributed by atoms with Crippen molar-refractivity contribution in [2.24, 2.45) is 0 Å². The zero-order chi connectivity index (χ0) is 20.5. The van der Waals surface area contributed by atoms with E-state index in [1.165, 1.54) is 29.5 Å². The Labute approximate surface area is 167 Å². The van der Waals surface area contributed by atoms with Crippen LogP contribution in [0.15, 0.2) is 28.1 Å². The number of aromatic nitrogens is 3. The molecule has 150 valence electrons. The molecule has 2 aromatic heterocycles. The van der Waals surface area contributed by atoms with Gasteiger partial charge in [-0.2, -0.15) is 18.2 Å². The van der Waals surface area contributed by atoms with E-state index in [9.17, 15) is 21.6 Å². The minimum atomic E-state index is -5.32. The third-order valence-electron chi connectivity index (χ3n) is 3.65. The second-order valence-corrected chi connectivity index (χ2v) is 9.07. The van der Waals surface area contributed by atoms with Crippen molar-refractivity contribution in [3.8, 4) is 22.1 Å². The SMILES string of the molecule is CCCc1nc(-c2nc(-c3ccc(CS(=O)(=O)C(F)(F)F)cc3Cl)cs2)no1. The maximum atomic E-state index is 12.5. The summed E-state index contributed by atoms with van der Waals surface area (Å²) in [5.74, 6) is -0.340. The third kappa shape index (κ3) is 4.36. The van der Waals surface area contributed by atoms with Crippen LogP contribution >= 0.6 is 22.9 Å². The van der Waals surface area contributed by atoms with Gasteiger partial charge in [0.15, 0.2) is 5.01 Å². The first-order valence-electron chi connectivity index (χ1n) is 7.97. The predicted molar refractivity (Wildman–Crippen MR) is 98.5 cm³/mol. The number of halogens is 4. The molecule has 12 heteroatoms. The molecule has 0 N–H and O–H groups in total. The molecule has 28 heavy (non-hydrogen) atoms. The van der Waals surface area contributed by atoms with Crippen LogP contribution in [0.1, 0.15) is 24.8 Å². The molecule has 0 amide bonds. The number of alkyl halides is 3. The summed E-state index contributed by atoms with van der Waals surface area (Å²) in [6.45, 7) is 1.98. The van der Waals surface area contributed by atoms with Gasteiger partial charge in [-0.3, -0.25) is 0 Å². The smallest absolute Gasteiger partial charge is 0.339 e. The van der Waals surface area contributed by atoms with Crippen LogP contribution in [0.2, 0.25) is 5.02 Å². The summed E-state index contributed by atoms with van der Waals surface area (Å²) in [5, 5.41) is 6.15. The second kappa shape index (κ2) is 7.80. The molecular weight excluding hydrogens is 439 g/mol. The molecule has 0 atom stereocenters. The van der Waals surface area contributed by atoms with Crippen LogP contribution in [0.4, 0.5) is 13.2 Å². The van der Waals surface area contributed by atoms with E-state index < -0.39 is 21.1 Å². The highest BCUT2D eigenvalue weighted by atomic mass is 35.5. The van der Waals surface area contributed by atoms with Gasteiger partial charge in [-0.05, 0) is 18.1 Å². The summed E-state index contributed by atoms with van der Waals surface area (Å²) in [6.07, 6.45) is 1.51. The Morgan fingerprint density at radius 1 is 1.25 bits per heavy atom. The van der Waals surface area contributed by atoms with Crippen molar-refractivity contribution < 1.29 is 26.1 Å². The number of hydrogen-bond donors (Lipinski definition) is 0. The number of benzene rings is 1. The number of aryl methyl sites for hydroxylation is 1. The van der Waals surface area contributed by atoms with Gasteiger partial charge in [0.25, 0.3) is 9.84 Å². The van der Waals surface area contributed by atoms with E-state index in [2.05, 4.69) is 15.1 Å². The first kappa shape index (κ1) is 20.7. The van der Waals surface area contributed by atoms with Gasteiger partial charge < -0.3 is 4.52 Å². The van der Waals surface area contributed by atoms with Crippen molar-refractivity contribution in [3.63, 3.8) is 0 Å². The van der Waals surface area contributed by atoms with Crippen LogP contribution in [0.5, 0.6) is 0 Å².